The zero-order valence-electron chi connectivity index (χ0n) is 10.5. The Morgan fingerprint density at radius 3 is 2.68 bits per heavy atom. The monoisotopic (exact) mass is 274 g/mol. The smallest absolute Gasteiger partial charge is 0.273 e. The number of nitro benzene ring substituents is 1. The fourth-order valence-electron chi connectivity index (χ4n) is 1.77. The molecule has 5 heteroatoms. The van der Waals surface area contributed by atoms with E-state index in [1.165, 1.54) is 17.8 Å². The molecule has 19 heavy (non-hydrogen) atoms. The van der Waals surface area contributed by atoms with Crippen LogP contribution in [-0.4, -0.2) is 4.92 Å². The van der Waals surface area contributed by atoms with Gasteiger partial charge in [-0.3, -0.25) is 10.1 Å². The Balaban J connectivity index is 2.17. The van der Waals surface area contributed by atoms with Crippen LogP contribution < -0.4 is 5.73 Å². The number of hydrogen-bond acceptors (Lipinski definition) is 4. The maximum absolute atomic E-state index is 10.9. The molecule has 0 unspecified atom stereocenters. The summed E-state index contributed by atoms with van der Waals surface area (Å²) in [6.07, 6.45) is 0. The Morgan fingerprint density at radius 2 is 2.00 bits per heavy atom. The Hall–Kier alpha value is -2.01. The molecule has 2 aromatic rings. The average molecular weight is 274 g/mol. The van der Waals surface area contributed by atoms with Crippen LogP contribution in [-0.2, 0) is 5.75 Å². The summed E-state index contributed by atoms with van der Waals surface area (Å²) in [5.41, 5.74) is 8.60. The summed E-state index contributed by atoms with van der Waals surface area (Å²) in [7, 11) is 0. The predicted molar refractivity (Wildman–Crippen MR) is 78.2 cm³/mol. The summed E-state index contributed by atoms with van der Waals surface area (Å²) in [5, 5.41) is 10.9. The van der Waals surface area contributed by atoms with Crippen molar-refractivity contribution >= 4 is 23.1 Å². The number of hydrogen-bond donors (Lipinski definition) is 1. The van der Waals surface area contributed by atoms with Crippen LogP contribution in [0.2, 0.25) is 0 Å². The predicted octanol–water partition coefficient (Wildman–Crippen LogP) is 3.78. The minimum atomic E-state index is -0.353. The lowest BCUT2D eigenvalue weighted by molar-refractivity contribution is -0.385. The maximum Gasteiger partial charge on any atom is 0.273 e. The van der Waals surface area contributed by atoms with E-state index in [0.717, 1.165) is 10.5 Å². The van der Waals surface area contributed by atoms with E-state index in [1.807, 2.05) is 25.1 Å². The van der Waals surface area contributed by atoms with Gasteiger partial charge in [-0.1, -0.05) is 24.3 Å². The first-order valence-electron chi connectivity index (χ1n) is 5.79. The van der Waals surface area contributed by atoms with Gasteiger partial charge in [0.25, 0.3) is 5.69 Å². The van der Waals surface area contributed by atoms with E-state index in [-0.39, 0.29) is 10.6 Å². The first-order valence-corrected chi connectivity index (χ1v) is 6.77. The molecule has 0 fully saturated rings. The normalized spacial score (nSPS) is 10.4. The zero-order chi connectivity index (χ0) is 13.8. The standard InChI is InChI=1S/C14H14N2O2S/c1-10-6-7-14(12(15)8-10)19-9-11-4-2-3-5-13(11)16(17)18/h2-8H,9,15H2,1H3. The molecular weight excluding hydrogens is 260 g/mol. The van der Waals surface area contributed by atoms with E-state index in [0.29, 0.717) is 17.0 Å². The molecule has 0 amide bonds. The van der Waals surface area contributed by atoms with Crippen molar-refractivity contribution in [2.24, 2.45) is 0 Å². The number of thioether (sulfide) groups is 1. The molecule has 0 radical (unpaired) electrons. The second-order valence-corrected chi connectivity index (χ2v) is 5.23. The number of nitrogen functional groups attached to an aromatic ring is 1. The average Bonchev–Trinajstić information content (AvgIpc) is 2.38. The number of anilines is 1. The molecule has 0 aromatic heterocycles. The lowest BCUT2D eigenvalue weighted by atomic mass is 10.2. The van der Waals surface area contributed by atoms with Crippen molar-refractivity contribution in [2.75, 3.05) is 5.73 Å². The van der Waals surface area contributed by atoms with Gasteiger partial charge in [0.05, 0.1) is 4.92 Å². The van der Waals surface area contributed by atoms with E-state index >= 15 is 0 Å². The minimum Gasteiger partial charge on any atom is -0.398 e. The van der Waals surface area contributed by atoms with Gasteiger partial charge >= 0.3 is 0 Å². The molecule has 0 aliphatic rings. The van der Waals surface area contributed by atoms with Crippen molar-refractivity contribution in [1.82, 2.24) is 0 Å². The van der Waals surface area contributed by atoms with Gasteiger partial charge in [-0.2, -0.15) is 0 Å². The highest BCUT2D eigenvalue weighted by molar-refractivity contribution is 7.98. The third-order valence-corrected chi connectivity index (χ3v) is 3.87. The Labute approximate surface area is 115 Å². The molecule has 2 rings (SSSR count). The summed E-state index contributed by atoms with van der Waals surface area (Å²) in [6.45, 7) is 1.98. The topological polar surface area (TPSA) is 69.2 Å². The van der Waals surface area contributed by atoms with E-state index in [2.05, 4.69) is 0 Å². The largest absolute Gasteiger partial charge is 0.398 e. The third-order valence-electron chi connectivity index (χ3n) is 2.74. The van der Waals surface area contributed by atoms with Gasteiger partial charge in [0, 0.05) is 28.0 Å². The van der Waals surface area contributed by atoms with Crippen LogP contribution in [0.5, 0.6) is 0 Å². The van der Waals surface area contributed by atoms with E-state index in [9.17, 15) is 10.1 Å². The second-order valence-electron chi connectivity index (χ2n) is 4.22. The van der Waals surface area contributed by atoms with Crippen LogP contribution in [0.15, 0.2) is 47.4 Å². The highest BCUT2D eigenvalue weighted by atomic mass is 32.2. The van der Waals surface area contributed by atoms with Crippen LogP contribution in [0, 0.1) is 17.0 Å². The molecule has 4 nitrogen and oxygen atoms in total. The van der Waals surface area contributed by atoms with Crippen molar-refractivity contribution in [3.8, 4) is 0 Å². The van der Waals surface area contributed by atoms with E-state index < -0.39 is 0 Å². The van der Waals surface area contributed by atoms with Gasteiger partial charge in [0.15, 0.2) is 0 Å². The molecule has 98 valence electrons. The first-order chi connectivity index (χ1) is 9.08. The van der Waals surface area contributed by atoms with Gasteiger partial charge < -0.3 is 5.73 Å². The SMILES string of the molecule is Cc1ccc(SCc2ccccc2[N+](=O)[O-])c(N)c1. The number of nitrogens with zero attached hydrogens (tertiary/aromatic N) is 1. The number of nitrogens with two attached hydrogens (primary N) is 1. The van der Waals surface area contributed by atoms with Gasteiger partial charge in [0.1, 0.15) is 0 Å². The van der Waals surface area contributed by atoms with Gasteiger partial charge in [-0.25, -0.2) is 0 Å². The quantitative estimate of drug-likeness (QED) is 0.399. The van der Waals surface area contributed by atoms with Gasteiger partial charge in [0.2, 0.25) is 0 Å². The molecule has 0 heterocycles. The van der Waals surface area contributed by atoms with E-state index in [4.69, 9.17) is 5.73 Å². The highest BCUT2D eigenvalue weighted by Gasteiger charge is 2.12. The Bertz CT molecular complexity index is 614. The molecule has 0 saturated heterocycles. The molecule has 0 aliphatic heterocycles. The molecule has 2 aromatic carbocycles. The molecule has 2 N–H and O–H groups in total. The van der Waals surface area contributed by atoms with Crippen LogP contribution in [0.1, 0.15) is 11.1 Å². The maximum atomic E-state index is 10.9. The zero-order valence-corrected chi connectivity index (χ0v) is 11.3. The number of aryl methyl sites for hydroxylation is 1. The van der Waals surface area contributed by atoms with Crippen molar-refractivity contribution in [3.05, 3.63) is 63.7 Å². The third kappa shape index (κ3) is 3.26. The van der Waals surface area contributed by atoms with Crippen molar-refractivity contribution < 1.29 is 4.92 Å². The molecule has 0 saturated carbocycles. The summed E-state index contributed by atoms with van der Waals surface area (Å²) in [6, 6.07) is 12.6. The fraction of sp³-hybridized carbons (Fsp3) is 0.143. The number of benzene rings is 2. The minimum absolute atomic E-state index is 0.153. The van der Waals surface area contributed by atoms with Crippen molar-refractivity contribution in [1.29, 1.82) is 0 Å². The lowest BCUT2D eigenvalue weighted by Gasteiger charge is -2.06. The Morgan fingerprint density at radius 1 is 1.26 bits per heavy atom. The Kier molecular flexibility index (Phi) is 4.06. The number of para-hydroxylation sites is 1. The molecule has 0 spiro atoms. The fourth-order valence-corrected chi connectivity index (χ4v) is 2.71. The summed E-state index contributed by atoms with van der Waals surface area (Å²) >= 11 is 1.51. The van der Waals surface area contributed by atoms with E-state index in [1.54, 1.807) is 18.2 Å². The highest BCUT2D eigenvalue weighted by Crippen LogP contribution is 2.31. The summed E-state index contributed by atoms with van der Waals surface area (Å²) in [5.74, 6) is 0.532. The van der Waals surface area contributed by atoms with Crippen molar-refractivity contribution in [2.45, 2.75) is 17.6 Å². The van der Waals surface area contributed by atoms with Crippen LogP contribution in [0.3, 0.4) is 0 Å². The first kappa shape index (κ1) is 13.4. The van der Waals surface area contributed by atoms with Gasteiger partial charge in [-0.15, -0.1) is 11.8 Å². The molecule has 0 atom stereocenters. The second kappa shape index (κ2) is 5.75. The van der Waals surface area contributed by atoms with Crippen LogP contribution >= 0.6 is 11.8 Å². The molecule has 0 bridgehead atoms. The summed E-state index contributed by atoms with van der Waals surface area (Å²) in [4.78, 5) is 11.5. The number of nitro groups is 1. The van der Waals surface area contributed by atoms with Crippen LogP contribution in [0.25, 0.3) is 0 Å². The molecular formula is C14H14N2O2S. The lowest BCUT2D eigenvalue weighted by Crippen LogP contribution is -1.94. The van der Waals surface area contributed by atoms with Crippen molar-refractivity contribution in [3.63, 3.8) is 0 Å². The number of rotatable bonds is 4. The summed E-state index contributed by atoms with van der Waals surface area (Å²) < 4.78 is 0. The molecule has 0 aliphatic carbocycles. The van der Waals surface area contributed by atoms with Gasteiger partial charge in [-0.05, 0) is 24.6 Å². The van der Waals surface area contributed by atoms with Crippen LogP contribution in [0.4, 0.5) is 11.4 Å².